The van der Waals surface area contributed by atoms with Crippen LogP contribution in [-0.2, 0) is 11.4 Å². The van der Waals surface area contributed by atoms with Crippen LogP contribution in [-0.4, -0.2) is 47.3 Å². The Morgan fingerprint density at radius 3 is 2.62 bits per heavy atom. The fourth-order valence-electron chi connectivity index (χ4n) is 3.31. The highest BCUT2D eigenvalue weighted by Gasteiger charge is 2.54. The molecule has 9 heteroatoms. The average molecular weight is 394 g/mol. The van der Waals surface area contributed by atoms with Crippen molar-refractivity contribution in [3.8, 4) is 0 Å². The topological polar surface area (TPSA) is 70.6 Å². The molecule has 0 aliphatic carbocycles. The third kappa shape index (κ3) is 3.56. The first kappa shape index (κ1) is 17.3. The highest BCUT2D eigenvalue weighted by Crippen LogP contribution is 2.40. The SMILES string of the molecule is O=C(NCc1ccc(Cl)cc1Cl)ON1CC2(C1)CN(c1ncccn1)C2. The zero-order valence-electron chi connectivity index (χ0n) is 13.9. The van der Waals surface area contributed by atoms with Gasteiger partial charge in [0.1, 0.15) is 0 Å². The lowest BCUT2D eigenvalue weighted by Crippen LogP contribution is -2.72. The Bertz CT molecular complexity index is 806. The summed E-state index contributed by atoms with van der Waals surface area (Å²) in [4.78, 5) is 27.8. The standard InChI is InChI=1S/C17H17Cl2N5O2/c18-13-3-2-12(14(19)6-13)7-22-16(25)26-24-10-17(11-24)8-23(9-17)15-20-4-1-5-21-15/h1-6H,7-11H2,(H,22,25). The van der Waals surface area contributed by atoms with Gasteiger partial charge in [-0.2, -0.15) is 0 Å². The van der Waals surface area contributed by atoms with Crippen molar-refractivity contribution in [3.05, 3.63) is 52.3 Å². The molecule has 2 saturated heterocycles. The zero-order chi connectivity index (χ0) is 18.1. The number of nitrogens with zero attached hydrogens (tertiary/aromatic N) is 4. The number of hydrogen-bond acceptors (Lipinski definition) is 6. The van der Waals surface area contributed by atoms with E-state index in [1.807, 2.05) is 0 Å². The molecule has 3 heterocycles. The van der Waals surface area contributed by atoms with Gasteiger partial charge in [0.15, 0.2) is 0 Å². The minimum absolute atomic E-state index is 0.166. The summed E-state index contributed by atoms with van der Waals surface area (Å²) in [6, 6.07) is 6.95. The summed E-state index contributed by atoms with van der Waals surface area (Å²) < 4.78 is 0. The van der Waals surface area contributed by atoms with Gasteiger partial charge in [-0.25, -0.2) is 14.8 Å². The predicted molar refractivity (Wildman–Crippen MR) is 98.0 cm³/mol. The first-order valence-electron chi connectivity index (χ1n) is 8.20. The third-order valence-corrected chi connectivity index (χ3v) is 5.15. The fraction of sp³-hybridized carbons (Fsp3) is 0.353. The van der Waals surface area contributed by atoms with Gasteiger partial charge in [0.05, 0.1) is 0 Å². The normalized spacial score (nSPS) is 18.2. The van der Waals surface area contributed by atoms with Crippen LogP contribution in [0, 0.1) is 5.41 Å². The van der Waals surface area contributed by atoms with E-state index < -0.39 is 6.09 Å². The maximum atomic E-state index is 11.9. The number of nitrogens with one attached hydrogen (secondary N) is 1. The third-order valence-electron chi connectivity index (χ3n) is 4.56. The van der Waals surface area contributed by atoms with E-state index in [0.29, 0.717) is 23.1 Å². The Balaban J connectivity index is 1.19. The van der Waals surface area contributed by atoms with E-state index in [4.69, 9.17) is 28.0 Å². The molecule has 2 fully saturated rings. The van der Waals surface area contributed by atoms with Crippen LogP contribution in [0.25, 0.3) is 0 Å². The Hall–Kier alpha value is -2.09. The summed E-state index contributed by atoms with van der Waals surface area (Å²) in [7, 11) is 0. The van der Waals surface area contributed by atoms with Gasteiger partial charge in [-0.1, -0.05) is 29.3 Å². The molecule has 1 aromatic carbocycles. The van der Waals surface area contributed by atoms with Crippen molar-refractivity contribution in [2.75, 3.05) is 31.1 Å². The van der Waals surface area contributed by atoms with Crippen molar-refractivity contribution in [3.63, 3.8) is 0 Å². The molecule has 1 N–H and O–H groups in total. The molecule has 2 aromatic rings. The molecule has 0 radical (unpaired) electrons. The number of halogens is 2. The second-order valence-electron chi connectivity index (χ2n) is 6.67. The number of rotatable bonds is 4. The van der Waals surface area contributed by atoms with Gasteiger partial charge < -0.3 is 15.1 Å². The molecule has 2 aliphatic rings. The maximum absolute atomic E-state index is 11.9. The van der Waals surface area contributed by atoms with Crippen LogP contribution < -0.4 is 10.2 Å². The lowest BCUT2D eigenvalue weighted by atomic mass is 9.74. The van der Waals surface area contributed by atoms with Gasteiger partial charge in [-0.15, -0.1) is 5.06 Å². The summed E-state index contributed by atoms with van der Waals surface area (Å²) >= 11 is 11.9. The number of carbonyl (C=O) groups excluding carboxylic acids is 1. The molecule has 1 amide bonds. The predicted octanol–water partition coefficient (Wildman–Crippen LogP) is 2.75. The largest absolute Gasteiger partial charge is 0.426 e. The van der Waals surface area contributed by atoms with Gasteiger partial charge >= 0.3 is 6.09 Å². The van der Waals surface area contributed by atoms with Gasteiger partial charge in [0, 0.05) is 60.6 Å². The molecule has 0 bridgehead atoms. The lowest BCUT2D eigenvalue weighted by Gasteiger charge is -2.58. The van der Waals surface area contributed by atoms with Crippen LogP contribution in [0.1, 0.15) is 5.56 Å². The summed E-state index contributed by atoms with van der Waals surface area (Å²) in [6.45, 7) is 3.46. The second-order valence-corrected chi connectivity index (χ2v) is 7.51. The van der Waals surface area contributed by atoms with Gasteiger partial charge in [-0.3, -0.25) is 0 Å². The Morgan fingerprint density at radius 2 is 1.92 bits per heavy atom. The molecule has 136 valence electrons. The van der Waals surface area contributed by atoms with Crippen molar-refractivity contribution in [1.82, 2.24) is 20.3 Å². The van der Waals surface area contributed by atoms with E-state index in [0.717, 1.165) is 24.6 Å². The number of amides is 1. The van der Waals surface area contributed by atoms with E-state index in [-0.39, 0.29) is 12.0 Å². The molecule has 0 unspecified atom stereocenters. The summed E-state index contributed by atoms with van der Waals surface area (Å²) in [5.74, 6) is 0.745. The zero-order valence-corrected chi connectivity index (χ0v) is 15.4. The highest BCUT2D eigenvalue weighted by molar-refractivity contribution is 6.35. The van der Waals surface area contributed by atoms with E-state index in [2.05, 4.69) is 20.2 Å². The summed E-state index contributed by atoms with van der Waals surface area (Å²) in [5.41, 5.74) is 0.949. The van der Waals surface area contributed by atoms with E-state index in [1.54, 1.807) is 41.7 Å². The fourth-order valence-corrected chi connectivity index (χ4v) is 3.78. The number of anilines is 1. The Morgan fingerprint density at radius 1 is 1.19 bits per heavy atom. The molecule has 1 spiro atoms. The molecular formula is C17H17Cl2N5O2. The van der Waals surface area contributed by atoms with E-state index >= 15 is 0 Å². The first-order chi connectivity index (χ1) is 12.5. The van der Waals surface area contributed by atoms with Gasteiger partial charge in [0.25, 0.3) is 0 Å². The number of benzene rings is 1. The van der Waals surface area contributed by atoms with Gasteiger partial charge in [0.2, 0.25) is 5.95 Å². The van der Waals surface area contributed by atoms with E-state index in [9.17, 15) is 4.79 Å². The second kappa shape index (κ2) is 6.90. The van der Waals surface area contributed by atoms with Crippen LogP contribution in [0.5, 0.6) is 0 Å². The number of hydrogen-bond donors (Lipinski definition) is 1. The summed E-state index contributed by atoms with van der Waals surface area (Å²) in [5, 5.41) is 5.43. The number of aromatic nitrogens is 2. The van der Waals surface area contributed by atoms with Crippen LogP contribution >= 0.6 is 23.2 Å². The van der Waals surface area contributed by atoms with Crippen LogP contribution in [0.15, 0.2) is 36.7 Å². The molecule has 26 heavy (non-hydrogen) atoms. The minimum Gasteiger partial charge on any atom is -0.351 e. The van der Waals surface area contributed by atoms with Crippen molar-refractivity contribution in [1.29, 1.82) is 0 Å². The van der Waals surface area contributed by atoms with Crippen molar-refractivity contribution >= 4 is 35.2 Å². The number of hydroxylamine groups is 2. The molecule has 7 nitrogen and oxygen atoms in total. The first-order valence-corrected chi connectivity index (χ1v) is 8.95. The molecule has 0 atom stereocenters. The van der Waals surface area contributed by atoms with E-state index in [1.165, 1.54) is 0 Å². The van der Waals surface area contributed by atoms with Crippen molar-refractivity contribution in [2.24, 2.45) is 5.41 Å². The lowest BCUT2D eigenvalue weighted by molar-refractivity contribution is -0.213. The van der Waals surface area contributed by atoms with Crippen molar-refractivity contribution in [2.45, 2.75) is 6.54 Å². The molecule has 4 rings (SSSR count). The highest BCUT2D eigenvalue weighted by atomic mass is 35.5. The smallest absolute Gasteiger partial charge is 0.351 e. The van der Waals surface area contributed by atoms with Crippen LogP contribution in [0.4, 0.5) is 10.7 Å². The van der Waals surface area contributed by atoms with Crippen LogP contribution in [0.3, 0.4) is 0 Å². The minimum atomic E-state index is -0.492. The quantitative estimate of drug-likeness (QED) is 0.860. The molecule has 2 aliphatic heterocycles. The Labute approximate surface area is 160 Å². The Kier molecular flexibility index (Phi) is 4.60. The van der Waals surface area contributed by atoms with Crippen molar-refractivity contribution < 1.29 is 9.63 Å². The maximum Gasteiger partial charge on any atom is 0.426 e. The summed E-state index contributed by atoms with van der Waals surface area (Å²) in [6.07, 6.45) is 2.98. The molecule has 0 saturated carbocycles. The molecular weight excluding hydrogens is 377 g/mol. The average Bonchev–Trinajstić information content (AvgIpc) is 2.56. The van der Waals surface area contributed by atoms with Gasteiger partial charge in [-0.05, 0) is 23.8 Å². The molecule has 1 aromatic heterocycles. The monoisotopic (exact) mass is 393 g/mol. The number of carbonyl (C=O) groups is 1. The van der Waals surface area contributed by atoms with Crippen LogP contribution in [0.2, 0.25) is 10.0 Å².